The van der Waals surface area contributed by atoms with Crippen molar-refractivity contribution in [1.29, 1.82) is 0 Å². The first kappa shape index (κ1) is 22.0. The molecular formula is C24H33NO3. The average molecular weight is 384 g/mol. The number of aliphatic hydroxyl groups is 1. The van der Waals surface area contributed by atoms with Crippen LogP contribution in [0.3, 0.4) is 0 Å². The first-order valence-electron chi connectivity index (χ1n) is 9.74. The van der Waals surface area contributed by atoms with Gasteiger partial charge in [0.2, 0.25) is 0 Å². The minimum Gasteiger partial charge on any atom is -0.444 e. The molecule has 0 fully saturated rings. The highest BCUT2D eigenvalue weighted by Gasteiger charge is 2.23. The van der Waals surface area contributed by atoms with E-state index in [9.17, 15) is 9.90 Å². The quantitative estimate of drug-likeness (QED) is 0.751. The van der Waals surface area contributed by atoms with Crippen molar-refractivity contribution in [3.63, 3.8) is 0 Å². The zero-order chi connectivity index (χ0) is 20.9. The molecule has 2 aromatic rings. The molecule has 0 aliphatic rings. The zero-order valence-electron chi connectivity index (χ0n) is 18.0. The standard InChI is InChI=1S/C24H33NO3/c1-23(2,3)21-13-11-19(12-14-21)16-25(22(27)28-24(4,5)6)15-18-7-9-20(17-26)10-8-18/h7-14,26H,15-17H2,1-6H3. The lowest BCUT2D eigenvalue weighted by Gasteiger charge is -2.28. The maximum Gasteiger partial charge on any atom is 0.410 e. The Morgan fingerprint density at radius 1 is 0.821 bits per heavy atom. The fourth-order valence-electron chi connectivity index (χ4n) is 2.81. The summed E-state index contributed by atoms with van der Waals surface area (Å²) in [5.41, 5.74) is 3.72. The highest BCUT2D eigenvalue weighted by Crippen LogP contribution is 2.23. The Kier molecular flexibility index (Phi) is 6.89. The minimum atomic E-state index is -0.549. The number of aliphatic hydroxyl groups excluding tert-OH is 1. The first-order valence-corrected chi connectivity index (χ1v) is 9.74. The van der Waals surface area contributed by atoms with Crippen LogP contribution in [0.5, 0.6) is 0 Å². The molecule has 4 nitrogen and oxygen atoms in total. The molecule has 0 spiro atoms. The summed E-state index contributed by atoms with van der Waals surface area (Å²) in [5, 5.41) is 9.22. The third-order valence-corrected chi connectivity index (χ3v) is 4.42. The molecule has 0 aromatic heterocycles. The molecule has 0 unspecified atom stereocenters. The second kappa shape index (κ2) is 8.78. The molecule has 2 aromatic carbocycles. The maximum absolute atomic E-state index is 12.8. The van der Waals surface area contributed by atoms with Gasteiger partial charge in [-0.1, -0.05) is 69.3 Å². The van der Waals surface area contributed by atoms with Gasteiger partial charge in [-0.25, -0.2) is 4.79 Å². The molecule has 0 aliphatic carbocycles. The SMILES string of the molecule is CC(C)(C)OC(=O)N(Cc1ccc(CO)cc1)Cc1ccc(C(C)(C)C)cc1. The Labute approximate surface area is 169 Å². The Hall–Kier alpha value is -2.33. The van der Waals surface area contributed by atoms with Crippen LogP contribution in [0.1, 0.15) is 63.8 Å². The molecule has 0 saturated carbocycles. The van der Waals surface area contributed by atoms with Gasteiger partial charge in [0.05, 0.1) is 6.61 Å². The Bertz CT molecular complexity index is 765. The molecule has 0 saturated heterocycles. The molecule has 1 N–H and O–H groups in total. The van der Waals surface area contributed by atoms with Crippen molar-refractivity contribution < 1.29 is 14.6 Å². The van der Waals surface area contributed by atoms with E-state index in [1.54, 1.807) is 4.90 Å². The number of benzene rings is 2. The average Bonchev–Trinajstić information content (AvgIpc) is 2.60. The van der Waals surface area contributed by atoms with Crippen LogP contribution in [0.25, 0.3) is 0 Å². The lowest BCUT2D eigenvalue weighted by atomic mass is 9.87. The van der Waals surface area contributed by atoms with Crippen LogP contribution >= 0.6 is 0 Å². The molecule has 0 aliphatic heterocycles. The van der Waals surface area contributed by atoms with Crippen LogP contribution in [0, 0.1) is 0 Å². The summed E-state index contributed by atoms with van der Waals surface area (Å²) in [5.74, 6) is 0. The molecule has 0 bridgehead atoms. The molecule has 1 amide bonds. The fraction of sp³-hybridized carbons (Fsp3) is 0.458. The lowest BCUT2D eigenvalue weighted by Crippen LogP contribution is -2.36. The summed E-state index contributed by atoms with van der Waals surface area (Å²) in [6.45, 7) is 13.1. The van der Waals surface area contributed by atoms with Crippen LogP contribution < -0.4 is 0 Å². The van der Waals surface area contributed by atoms with Gasteiger partial charge in [-0.2, -0.15) is 0 Å². The number of carbonyl (C=O) groups excluding carboxylic acids is 1. The van der Waals surface area contributed by atoms with Crippen molar-refractivity contribution in [3.8, 4) is 0 Å². The number of nitrogens with zero attached hydrogens (tertiary/aromatic N) is 1. The summed E-state index contributed by atoms with van der Waals surface area (Å²) in [4.78, 5) is 14.5. The van der Waals surface area contributed by atoms with Gasteiger partial charge in [-0.15, -0.1) is 0 Å². The topological polar surface area (TPSA) is 49.8 Å². The van der Waals surface area contributed by atoms with E-state index in [4.69, 9.17) is 4.74 Å². The number of ether oxygens (including phenoxy) is 1. The second-order valence-electron chi connectivity index (χ2n) is 9.26. The Morgan fingerprint density at radius 3 is 1.64 bits per heavy atom. The van der Waals surface area contributed by atoms with Crippen LogP contribution in [0.2, 0.25) is 0 Å². The zero-order valence-corrected chi connectivity index (χ0v) is 18.0. The maximum atomic E-state index is 12.8. The number of amides is 1. The second-order valence-corrected chi connectivity index (χ2v) is 9.26. The van der Waals surface area contributed by atoms with E-state index in [0.717, 1.165) is 16.7 Å². The van der Waals surface area contributed by atoms with Gasteiger partial charge in [-0.3, -0.25) is 4.90 Å². The van der Waals surface area contributed by atoms with E-state index >= 15 is 0 Å². The molecule has 152 valence electrons. The van der Waals surface area contributed by atoms with E-state index in [0.29, 0.717) is 13.1 Å². The summed E-state index contributed by atoms with van der Waals surface area (Å²) < 4.78 is 5.61. The summed E-state index contributed by atoms with van der Waals surface area (Å²) in [6.07, 6.45) is -0.335. The van der Waals surface area contributed by atoms with Gasteiger partial charge < -0.3 is 9.84 Å². The largest absolute Gasteiger partial charge is 0.444 e. The molecule has 28 heavy (non-hydrogen) atoms. The van der Waals surface area contributed by atoms with Gasteiger partial charge in [0.15, 0.2) is 0 Å². The predicted molar refractivity (Wildman–Crippen MR) is 113 cm³/mol. The summed E-state index contributed by atoms with van der Waals surface area (Å²) in [7, 11) is 0. The number of rotatable bonds is 5. The van der Waals surface area contributed by atoms with Crippen molar-refractivity contribution in [3.05, 3.63) is 70.8 Å². The molecule has 0 atom stereocenters. The van der Waals surface area contributed by atoms with Crippen molar-refractivity contribution in [2.24, 2.45) is 0 Å². The number of hydrogen-bond acceptors (Lipinski definition) is 3. The minimum absolute atomic E-state index is 0.0101. The van der Waals surface area contributed by atoms with E-state index in [1.165, 1.54) is 5.56 Å². The van der Waals surface area contributed by atoms with Crippen LogP contribution in [-0.2, 0) is 29.8 Å². The summed E-state index contributed by atoms with van der Waals surface area (Å²) >= 11 is 0. The smallest absolute Gasteiger partial charge is 0.410 e. The van der Waals surface area contributed by atoms with Crippen molar-refractivity contribution in [2.75, 3.05) is 0 Å². The van der Waals surface area contributed by atoms with Crippen LogP contribution in [0.4, 0.5) is 4.79 Å². The number of carbonyl (C=O) groups is 1. The van der Waals surface area contributed by atoms with Gasteiger partial charge in [0.1, 0.15) is 5.60 Å². The highest BCUT2D eigenvalue weighted by atomic mass is 16.6. The molecular weight excluding hydrogens is 350 g/mol. The number of hydrogen-bond donors (Lipinski definition) is 1. The van der Waals surface area contributed by atoms with E-state index in [1.807, 2.05) is 45.0 Å². The van der Waals surface area contributed by atoms with Crippen molar-refractivity contribution in [1.82, 2.24) is 4.90 Å². The van der Waals surface area contributed by atoms with Crippen LogP contribution in [-0.4, -0.2) is 21.7 Å². The Balaban J connectivity index is 2.20. The third kappa shape index (κ3) is 6.68. The normalized spacial score (nSPS) is 12.0. The fourth-order valence-corrected chi connectivity index (χ4v) is 2.81. The monoisotopic (exact) mass is 383 g/mol. The van der Waals surface area contributed by atoms with Gasteiger partial charge >= 0.3 is 6.09 Å². The van der Waals surface area contributed by atoms with E-state index < -0.39 is 5.60 Å². The first-order chi connectivity index (χ1) is 13.0. The van der Waals surface area contributed by atoms with E-state index in [2.05, 4.69) is 45.0 Å². The van der Waals surface area contributed by atoms with Crippen LogP contribution in [0.15, 0.2) is 48.5 Å². The molecule has 4 heteroatoms. The Morgan fingerprint density at radius 2 is 1.25 bits per heavy atom. The predicted octanol–water partition coefficient (Wildman–Crippen LogP) is 5.41. The third-order valence-electron chi connectivity index (χ3n) is 4.42. The molecule has 0 heterocycles. The van der Waals surface area contributed by atoms with E-state index in [-0.39, 0.29) is 18.1 Å². The molecule has 2 rings (SSSR count). The van der Waals surface area contributed by atoms with Gasteiger partial charge in [0.25, 0.3) is 0 Å². The van der Waals surface area contributed by atoms with Gasteiger partial charge in [-0.05, 0) is 48.4 Å². The highest BCUT2D eigenvalue weighted by molar-refractivity contribution is 5.68. The van der Waals surface area contributed by atoms with Gasteiger partial charge in [0, 0.05) is 13.1 Å². The van der Waals surface area contributed by atoms with Crippen molar-refractivity contribution in [2.45, 2.75) is 72.3 Å². The molecule has 0 radical (unpaired) electrons. The summed E-state index contributed by atoms with van der Waals surface area (Å²) in [6, 6.07) is 16.0. The van der Waals surface area contributed by atoms with Crippen molar-refractivity contribution >= 4 is 6.09 Å². The lowest BCUT2D eigenvalue weighted by molar-refractivity contribution is 0.0216.